The molecule has 1 saturated carbocycles. The van der Waals surface area contributed by atoms with Crippen LogP contribution in [0.25, 0.3) is 0 Å². The van der Waals surface area contributed by atoms with Gasteiger partial charge in [-0.15, -0.1) is 5.10 Å². The number of piperidine rings is 1. The van der Waals surface area contributed by atoms with E-state index in [1.807, 2.05) is 4.90 Å². The first kappa shape index (κ1) is 20.3. The summed E-state index contributed by atoms with van der Waals surface area (Å²) in [5.74, 6) is -1.25. The topological polar surface area (TPSA) is 107 Å². The van der Waals surface area contributed by atoms with Crippen LogP contribution >= 0.6 is 0 Å². The first-order valence-electron chi connectivity index (χ1n) is 10.3. The lowest BCUT2D eigenvalue weighted by molar-refractivity contribution is -0.121. The van der Waals surface area contributed by atoms with Crippen molar-refractivity contribution in [2.45, 2.75) is 31.6 Å². The number of carbonyl (C=O) groups is 1. The van der Waals surface area contributed by atoms with Crippen molar-refractivity contribution in [1.82, 2.24) is 15.2 Å². The summed E-state index contributed by atoms with van der Waals surface area (Å²) in [7, 11) is 0. The lowest BCUT2D eigenvalue weighted by Gasteiger charge is -2.33. The van der Waals surface area contributed by atoms with E-state index in [1.165, 1.54) is 12.3 Å². The minimum Gasteiger partial charge on any atom is -0.453 e. The molecule has 2 fully saturated rings. The van der Waals surface area contributed by atoms with Crippen molar-refractivity contribution in [2.75, 3.05) is 18.0 Å². The molecule has 166 valence electrons. The fourth-order valence-corrected chi connectivity index (χ4v) is 4.82. The van der Waals surface area contributed by atoms with Crippen molar-refractivity contribution in [3.63, 3.8) is 0 Å². The summed E-state index contributed by atoms with van der Waals surface area (Å²) in [4.78, 5) is 19.0. The number of rotatable bonds is 5. The summed E-state index contributed by atoms with van der Waals surface area (Å²) in [6.45, 7) is 3.08. The smallest absolute Gasteiger partial charge is 0.318 e. The molecule has 1 atom stereocenters. The Kier molecular flexibility index (Phi) is 4.61. The average Bonchev–Trinajstić information content (AvgIpc) is 3.21. The molecule has 1 spiro atoms. The van der Waals surface area contributed by atoms with Crippen LogP contribution in [0.5, 0.6) is 11.5 Å². The van der Waals surface area contributed by atoms with E-state index in [-0.39, 0.29) is 16.9 Å². The van der Waals surface area contributed by atoms with Gasteiger partial charge in [0.2, 0.25) is 11.8 Å². The van der Waals surface area contributed by atoms with Crippen molar-refractivity contribution in [3.8, 4) is 11.5 Å². The third kappa shape index (κ3) is 3.17. The maximum Gasteiger partial charge on any atom is 0.318 e. The number of pyridine rings is 1. The van der Waals surface area contributed by atoms with Crippen LogP contribution in [0.2, 0.25) is 0 Å². The number of nitrogens with two attached hydrogens (primary N) is 1. The van der Waals surface area contributed by atoms with E-state index in [2.05, 4.69) is 15.2 Å². The van der Waals surface area contributed by atoms with Gasteiger partial charge < -0.3 is 19.8 Å². The number of benzene rings is 1. The van der Waals surface area contributed by atoms with Gasteiger partial charge in [-0.3, -0.25) is 9.78 Å². The summed E-state index contributed by atoms with van der Waals surface area (Å²) < 4.78 is 37.9. The van der Waals surface area contributed by atoms with Crippen molar-refractivity contribution in [3.05, 3.63) is 59.7 Å². The zero-order chi connectivity index (χ0) is 22.5. The highest BCUT2D eigenvalue weighted by atomic mass is 19.1. The summed E-state index contributed by atoms with van der Waals surface area (Å²) in [6.07, 6.45) is 3.51. The van der Waals surface area contributed by atoms with Crippen LogP contribution in [0.1, 0.15) is 30.8 Å². The SMILES string of the molecule is Cc1nnc(N2CCC3(CC2)CC3(C(N)=O)c2ccc(Oc3ccc(F)cc3F)cn2)o1. The number of aromatic nitrogens is 3. The number of anilines is 1. The van der Waals surface area contributed by atoms with Crippen molar-refractivity contribution in [2.24, 2.45) is 11.1 Å². The van der Waals surface area contributed by atoms with E-state index in [1.54, 1.807) is 19.1 Å². The van der Waals surface area contributed by atoms with Crippen LogP contribution < -0.4 is 15.4 Å². The lowest BCUT2D eigenvalue weighted by atomic mass is 9.81. The first-order valence-corrected chi connectivity index (χ1v) is 10.3. The van der Waals surface area contributed by atoms with Gasteiger partial charge >= 0.3 is 6.01 Å². The number of hydrogen-bond acceptors (Lipinski definition) is 7. The monoisotopic (exact) mass is 441 g/mol. The molecular weight excluding hydrogens is 420 g/mol. The molecule has 3 heterocycles. The van der Waals surface area contributed by atoms with Gasteiger partial charge in [0, 0.05) is 26.1 Å². The second-order valence-electron chi connectivity index (χ2n) is 8.37. The highest BCUT2D eigenvalue weighted by Gasteiger charge is 2.72. The zero-order valence-electron chi connectivity index (χ0n) is 17.3. The number of primary amides is 1. The highest BCUT2D eigenvalue weighted by Crippen LogP contribution is 2.69. The normalized spacial score (nSPS) is 21.5. The number of carbonyl (C=O) groups excluding carboxylic acids is 1. The van der Waals surface area contributed by atoms with Gasteiger partial charge in [-0.05, 0) is 48.9 Å². The Labute approximate surface area is 182 Å². The molecule has 3 aromatic rings. The summed E-state index contributed by atoms with van der Waals surface area (Å²) in [5.41, 5.74) is 5.30. The van der Waals surface area contributed by atoms with E-state index in [0.29, 0.717) is 37.1 Å². The molecule has 1 aromatic carbocycles. The van der Waals surface area contributed by atoms with Crippen LogP contribution in [0.3, 0.4) is 0 Å². The fourth-order valence-electron chi connectivity index (χ4n) is 4.82. The number of ether oxygens (including phenoxy) is 1. The van der Waals surface area contributed by atoms with E-state index >= 15 is 0 Å². The standard InChI is InChI=1S/C22H21F2N5O3/c1-13-27-28-20(31-13)29-8-6-21(7-9-29)12-22(21,19(25)30)18-5-3-15(11-26-18)32-17-4-2-14(23)10-16(17)24/h2-5,10-11H,6-9,12H2,1H3,(H2,25,30). The lowest BCUT2D eigenvalue weighted by Crippen LogP contribution is -2.42. The molecule has 2 aliphatic rings. The van der Waals surface area contributed by atoms with Gasteiger partial charge in [-0.2, -0.15) is 0 Å². The fraction of sp³-hybridized carbons (Fsp3) is 0.364. The van der Waals surface area contributed by atoms with E-state index < -0.39 is 23.0 Å². The maximum absolute atomic E-state index is 13.8. The van der Waals surface area contributed by atoms with Crippen LogP contribution in [-0.4, -0.2) is 34.2 Å². The van der Waals surface area contributed by atoms with Crippen LogP contribution in [0, 0.1) is 24.0 Å². The Morgan fingerprint density at radius 1 is 1.19 bits per heavy atom. The molecule has 0 bridgehead atoms. The van der Waals surface area contributed by atoms with Crippen molar-refractivity contribution >= 4 is 11.9 Å². The number of aryl methyl sites for hydroxylation is 1. The zero-order valence-corrected chi connectivity index (χ0v) is 17.3. The highest BCUT2D eigenvalue weighted by molar-refractivity contribution is 5.91. The second kappa shape index (κ2) is 7.25. The molecule has 1 amide bonds. The van der Waals surface area contributed by atoms with Crippen LogP contribution in [-0.2, 0) is 10.2 Å². The van der Waals surface area contributed by atoms with Gasteiger partial charge in [0.25, 0.3) is 0 Å². The second-order valence-corrected chi connectivity index (χ2v) is 8.37. The molecule has 1 saturated heterocycles. The van der Waals surface area contributed by atoms with E-state index in [4.69, 9.17) is 14.9 Å². The predicted octanol–water partition coefficient (Wildman–Crippen LogP) is 3.26. The van der Waals surface area contributed by atoms with Gasteiger partial charge in [0.1, 0.15) is 11.6 Å². The molecule has 1 unspecified atom stereocenters. The molecule has 0 radical (unpaired) electrons. The van der Waals surface area contributed by atoms with E-state index in [0.717, 1.165) is 25.0 Å². The largest absolute Gasteiger partial charge is 0.453 e. The molecule has 8 nitrogen and oxygen atoms in total. The van der Waals surface area contributed by atoms with Crippen molar-refractivity contribution in [1.29, 1.82) is 0 Å². The number of hydrogen-bond donors (Lipinski definition) is 1. The van der Waals surface area contributed by atoms with Gasteiger partial charge in [0.15, 0.2) is 11.6 Å². The first-order chi connectivity index (χ1) is 15.3. The third-order valence-electron chi connectivity index (χ3n) is 6.61. The van der Waals surface area contributed by atoms with Crippen LogP contribution in [0.15, 0.2) is 40.9 Å². The molecule has 2 N–H and O–H groups in total. The minimum atomic E-state index is -0.858. The quantitative estimate of drug-likeness (QED) is 0.648. The molecule has 1 aliphatic heterocycles. The summed E-state index contributed by atoms with van der Waals surface area (Å²) >= 11 is 0. The third-order valence-corrected chi connectivity index (χ3v) is 6.61. The summed E-state index contributed by atoms with van der Waals surface area (Å²) in [6, 6.07) is 6.84. The molecule has 32 heavy (non-hydrogen) atoms. The Balaban J connectivity index is 1.33. The average molecular weight is 441 g/mol. The number of amides is 1. The Morgan fingerprint density at radius 2 is 1.97 bits per heavy atom. The van der Waals surface area contributed by atoms with Gasteiger partial charge in [0.05, 0.1) is 17.3 Å². The maximum atomic E-state index is 13.8. The van der Waals surface area contributed by atoms with Gasteiger partial charge in [-0.25, -0.2) is 8.78 Å². The van der Waals surface area contributed by atoms with Crippen LogP contribution in [0.4, 0.5) is 14.8 Å². The minimum absolute atomic E-state index is 0.114. The Hall–Kier alpha value is -3.56. The van der Waals surface area contributed by atoms with Gasteiger partial charge in [-0.1, -0.05) is 5.10 Å². The molecular formula is C22H21F2N5O3. The number of nitrogens with zero attached hydrogens (tertiary/aromatic N) is 4. The van der Waals surface area contributed by atoms with E-state index in [9.17, 15) is 13.6 Å². The molecule has 10 heteroatoms. The Bertz CT molecular complexity index is 1170. The van der Waals surface area contributed by atoms with Crippen molar-refractivity contribution < 1.29 is 22.7 Å². The summed E-state index contributed by atoms with van der Waals surface area (Å²) in [5, 5.41) is 7.94. The molecule has 1 aliphatic carbocycles. The molecule has 2 aromatic heterocycles. The molecule has 5 rings (SSSR count). The Morgan fingerprint density at radius 3 is 2.56 bits per heavy atom. The predicted molar refractivity (Wildman–Crippen MR) is 109 cm³/mol. The number of halogens is 2.